The molecular formula is C32H41FN10O4. The summed E-state index contributed by atoms with van der Waals surface area (Å²) in [6.07, 6.45) is 8.93. The number of hydrogen-bond acceptors (Lipinski definition) is 8. The van der Waals surface area contributed by atoms with Crippen LogP contribution in [0.4, 0.5) is 31.4 Å². The summed E-state index contributed by atoms with van der Waals surface area (Å²) in [6.45, 7) is 8.88. The smallest absolute Gasteiger partial charge is 0.326 e. The Morgan fingerprint density at radius 1 is 0.851 bits per heavy atom. The monoisotopic (exact) mass is 648 g/mol. The maximum atomic E-state index is 13.0. The van der Waals surface area contributed by atoms with Gasteiger partial charge in [-0.05, 0) is 62.1 Å². The molecule has 0 aliphatic carbocycles. The quantitative estimate of drug-likeness (QED) is 0.282. The highest BCUT2D eigenvalue weighted by Crippen LogP contribution is 2.24. The van der Waals surface area contributed by atoms with E-state index in [1.807, 2.05) is 32.9 Å². The van der Waals surface area contributed by atoms with Crippen LogP contribution in [-0.2, 0) is 9.59 Å². The van der Waals surface area contributed by atoms with E-state index in [0.717, 1.165) is 43.0 Å². The maximum Gasteiger partial charge on any atom is 0.326 e. The van der Waals surface area contributed by atoms with Gasteiger partial charge in [-0.25, -0.2) is 29.5 Å². The van der Waals surface area contributed by atoms with Crippen LogP contribution in [-0.4, -0.2) is 91.9 Å². The Kier molecular flexibility index (Phi) is 12.1. The molecule has 14 nitrogen and oxygen atoms in total. The van der Waals surface area contributed by atoms with E-state index in [4.69, 9.17) is 0 Å². The number of carbonyl (C=O) groups excluding carboxylic acids is 4. The van der Waals surface area contributed by atoms with E-state index in [1.54, 1.807) is 29.4 Å². The van der Waals surface area contributed by atoms with Gasteiger partial charge in [0.15, 0.2) is 5.82 Å². The fraction of sp³-hybridized carbons (Fsp3) is 0.438. The lowest BCUT2D eigenvalue weighted by Gasteiger charge is -2.22. The third-order valence-corrected chi connectivity index (χ3v) is 7.62. The highest BCUT2D eigenvalue weighted by atomic mass is 19.1. The predicted molar refractivity (Wildman–Crippen MR) is 174 cm³/mol. The molecule has 6 amide bonds. The molecule has 3 aromatic rings. The molecular weight excluding hydrogens is 607 g/mol. The van der Waals surface area contributed by atoms with Gasteiger partial charge in [-0.3, -0.25) is 14.5 Å². The summed E-state index contributed by atoms with van der Waals surface area (Å²) in [5.41, 5.74) is 2.00. The lowest BCUT2D eigenvalue weighted by molar-refractivity contribution is -0.117. The number of hydrogen-bond donors (Lipinski definition) is 3. The molecule has 0 spiro atoms. The minimum Gasteiger partial charge on any atom is -0.336 e. The summed E-state index contributed by atoms with van der Waals surface area (Å²) in [6, 6.07) is 6.70. The average molecular weight is 649 g/mol. The number of urea groups is 2. The molecule has 2 aliphatic rings. The molecule has 2 aliphatic heterocycles. The minimum absolute atomic E-state index is 0.0616. The molecule has 15 heteroatoms. The van der Waals surface area contributed by atoms with E-state index in [9.17, 15) is 23.6 Å². The van der Waals surface area contributed by atoms with Crippen molar-refractivity contribution in [2.24, 2.45) is 0 Å². The van der Waals surface area contributed by atoms with Crippen LogP contribution in [0.2, 0.25) is 0 Å². The first kappa shape index (κ1) is 34.7. The van der Waals surface area contributed by atoms with Crippen molar-refractivity contribution < 1.29 is 23.6 Å². The zero-order valence-electron chi connectivity index (χ0n) is 27.1. The van der Waals surface area contributed by atoms with Crippen LogP contribution >= 0.6 is 0 Å². The van der Waals surface area contributed by atoms with E-state index in [0.29, 0.717) is 24.7 Å². The number of anilines is 3. The van der Waals surface area contributed by atoms with Crippen molar-refractivity contribution in [1.29, 1.82) is 0 Å². The Bertz CT molecular complexity index is 1560. The lowest BCUT2D eigenvalue weighted by atomic mass is 10.1. The lowest BCUT2D eigenvalue weighted by Crippen LogP contribution is -2.41. The summed E-state index contributed by atoms with van der Waals surface area (Å²) in [7, 11) is 0. The number of rotatable bonds is 11. The van der Waals surface area contributed by atoms with Crippen LogP contribution in [0, 0.1) is 19.8 Å². The molecule has 0 aromatic carbocycles. The highest BCUT2D eigenvalue weighted by molar-refractivity contribution is 5.99. The number of nitrogens with one attached hydrogen (secondary N) is 3. The van der Waals surface area contributed by atoms with E-state index in [2.05, 4.69) is 42.8 Å². The molecule has 3 N–H and O–H groups in total. The highest BCUT2D eigenvalue weighted by Gasteiger charge is 2.39. The molecule has 2 atom stereocenters. The van der Waals surface area contributed by atoms with Crippen LogP contribution in [0.5, 0.6) is 0 Å². The van der Waals surface area contributed by atoms with Gasteiger partial charge in [-0.1, -0.05) is 26.7 Å². The summed E-state index contributed by atoms with van der Waals surface area (Å²) in [4.78, 5) is 69.1. The second-order valence-corrected chi connectivity index (χ2v) is 11.5. The largest absolute Gasteiger partial charge is 0.336 e. The number of carbonyl (C=O) groups is 4. The van der Waals surface area contributed by atoms with Crippen molar-refractivity contribution in [1.82, 2.24) is 35.1 Å². The van der Waals surface area contributed by atoms with Gasteiger partial charge in [0.1, 0.15) is 24.7 Å². The van der Waals surface area contributed by atoms with Crippen molar-refractivity contribution >= 4 is 41.3 Å². The van der Waals surface area contributed by atoms with Crippen molar-refractivity contribution in [3.63, 3.8) is 0 Å². The first-order chi connectivity index (χ1) is 22.6. The van der Waals surface area contributed by atoms with Gasteiger partial charge >= 0.3 is 12.1 Å². The van der Waals surface area contributed by atoms with Crippen LogP contribution in [0.3, 0.4) is 0 Å². The fourth-order valence-electron chi connectivity index (χ4n) is 5.37. The van der Waals surface area contributed by atoms with Crippen molar-refractivity contribution in [3.05, 3.63) is 66.1 Å². The standard InChI is InChI=1S/C18H21FN6O2.C14H20N4O2/c1-3-4-13-10-25(16-9-21-14(19)8-22-16)18(27)24(13)11-17(26)23-15-7-12(2)5-6-20-15;1-3-4-11-8-16-14(20)18(11)9-13(19)17-12-7-10(2)5-6-15-12/h5-9,13H,3-4,10-11H2,1-2H3,(H,20,23,26);5-7,11H,3-4,8-9H2,1-2H3,(H,16,20)(H,15,17,19)/t13-;11-/m00/s1. The second kappa shape index (κ2) is 16.4. The summed E-state index contributed by atoms with van der Waals surface area (Å²) >= 11 is 0. The SMILES string of the molecule is CCC[C@H]1CN(c2cnc(F)cn2)C(=O)N1CC(=O)Nc1cc(C)ccn1.CCC[C@H]1CNC(=O)N1CC(=O)Nc1cc(C)ccn1. The predicted octanol–water partition coefficient (Wildman–Crippen LogP) is 3.89. The van der Waals surface area contributed by atoms with Crippen LogP contribution in [0.15, 0.2) is 49.1 Å². The van der Waals surface area contributed by atoms with E-state index in [-0.39, 0.29) is 54.9 Å². The van der Waals surface area contributed by atoms with Gasteiger partial charge in [0.25, 0.3) is 0 Å². The van der Waals surface area contributed by atoms with Crippen molar-refractivity contribution in [2.45, 2.75) is 65.5 Å². The van der Waals surface area contributed by atoms with Gasteiger partial charge in [-0.15, -0.1) is 0 Å². The van der Waals surface area contributed by atoms with Crippen LogP contribution < -0.4 is 20.9 Å². The molecule has 250 valence electrons. The van der Waals surface area contributed by atoms with E-state index >= 15 is 0 Å². The number of halogens is 1. The molecule has 0 unspecified atom stereocenters. The third-order valence-electron chi connectivity index (χ3n) is 7.62. The first-order valence-electron chi connectivity index (χ1n) is 15.6. The number of amides is 6. The van der Waals surface area contributed by atoms with Crippen molar-refractivity contribution in [2.75, 3.05) is 41.7 Å². The summed E-state index contributed by atoms with van der Waals surface area (Å²) in [5, 5.41) is 8.21. The molecule has 2 saturated heterocycles. The second-order valence-electron chi connectivity index (χ2n) is 11.5. The summed E-state index contributed by atoms with van der Waals surface area (Å²) < 4.78 is 13.0. The van der Waals surface area contributed by atoms with E-state index < -0.39 is 5.95 Å². The fourth-order valence-corrected chi connectivity index (χ4v) is 5.37. The molecule has 0 radical (unpaired) electrons. The number of pyridine rings is 2. The third kappa shape index (κ3) is 9.64. The van der Waals surface area contributed by atoms with Crippen LogP contribution in [0.1, 0.15) is 50.7 Å². The maximum absolute atomic E-state index is 13.0. The number of aryl methyl sites for hydroxylation is 2. The van der Waals surface area contributed by atoms with Gasteiger partial charge in [0, 0.05) is 25.5 Å². The Morgan fingerprint density at radius 3 is 1.96 bits per heavy atom. The van der Waals surface area contributed by atoms with Gasteiger partial charge < -0.3 is 25.8 Å². The normalized spacial score (nSPS) is 17.3. The number of aromatic nitrogens is 4. The number of nitrogens with zero attached hydrogens (tertiary/aromatic N) is 7. The van der Waals surface area contributed by atoms with Gasteiger partial charge in [0.2, 0.25) is 17.8 Å². The van der Waals surface area contributed by atoms with Crippen molar-refractivity contribution in [3.8, 4) is 0 Å². The zero-order chi connectivity index (χ0) is 33.9. The molecule has 2 fully saturated rings. The first-order valence-corrected chi connectivity index (χ1v) is 15.6. The Balaban J connectivity index is 0.000000223. The molecule has 5 rings (SSSR count). The zero-order valence-corrected chi connectivity index (χ0v) is 27.1. The Morgan fingerprint density at radius 2 is 1.43 bits per heavy atom. The molecule has 3 aromatic heterocycles. The van der Waals surface area contributed by atoms with Gasteiger partial charge in [-0.2, -0.15) is 4.39 Å². The molecule has 0 bridgehead atoms. The average Bonchev–Trinajstić information content (AvgIpc) is 3.52. The molecule has 5 heterocycles. The van der Waals surface area contributed by atoms with E-state index in [1.165, 1.54) is 16.0 Å². The molecule has 47 heavy (non-hydrogen) atoms. The minimum atomic E-state index is -0.711. The topological polar surface area (TPSA) is 166 Å². The molecule has 0 saturated carbocycles. The Labute approximate surface area is 273 Å². The Hall–Kier alpha value is -5.21. The van der Waals surface area contributed by atoms with Crippen LogP contribution in [0.25, 0.3) is 0 Å². The van der Waals surface area contributed by atoms with Gasteiger partial charge in [0.05, 0.1) is 24.5 Å². The summed E-state index contributed by atoms with van der Waals surface area (Å²) in [5.74, 6) is -0.0272.